The number of pyridine rings is 1. The van der Waals surface area contributed by atoms with Crippen LogP contribution in [0.2, 0.25) is 0 Å². The van der Waals surface area contributed by atoms with Gasteiger partial charge in [0.25, 0.3) is 0 Å². The minimum Gasteiger partial charge on any atom is -0.264 e. The van der Waals surface area contributed by atoms with Gasteiger partial charge in [-0.25, -0.2) is 0 Å². The van der Waals surface area contributed by atoms with E-state index in [4.69, 9.17) is 0 Å². The number of benzene rings is 1. The third-order valence-corrected chi connectivity index (χ3v) is 3.35. The van der Waals surface area contributed by atoms with E-state index in [9.17, 15) is 5.26 Å². The van der Waals surface area contributed by atoms with Crippen molar-refractivity contribution in [1.29, 1.82) is 5.26 Å². The molecule has 0 amide bonds. The fourth-order valence-electron chi connectivity index (χ4n) is 2.60. The van der Waals surface area contributed by atoms with Gasteiger partial charge in [0.05, 0.1) is 11.6 Å². The van der Waals surface area contributed by atoms with E-state index in [-0.39, 0.29) is 0 Å². The maximum Gasteiger partial charge on any atom is 0.0998 e. The van der Waals surface area contributed by atoms with Crippen LogP contribution in [-0.2, 0) is 12.8 Å². The molecule has 1 aromatic heterocycles. The normalized spacial score (nSPS) is 13.1. The van der Waals surface area contributed by atoms with Crippen molar-refractivity contribution in [1.82, 2.24) is 4.98 Å². The summed E-state index contributed by atoms with van der Waals surface area (Å²) in [6.45, 7) is 0. The molecule has 0 saturated heterocycles. The predicted molar refractivity (Wildman–Crippen MR) is 66.4 cm³/mol. The smallest absolute Gasteiger partial charge is 0.0998 e. The molecule has 3 rings (SSSR count). The van der Waals surface area contributed by atoms with Crippen LogP contribution in [0.3, 0.4) is 0 Å². The Morgan fingerprint density at radius 3 is 2.88 bits per heavy atom. The largest absolute Gasteiger partial charge is 0.264 e. The molecule has 0 atom stereocenters. The third-order valence-electron chi connectivity index (χ3n) is 3.35. The topological polar surface area (TPSA) is 36.7 Å². The predicted octanol–water partition coefficient (Wildman–Crippen LogP) is 3.11. The molecule has 0 radical (unpaired) electrons. The van der Waals surface area contributed by atoms with Gasteiger partial charge >= 0.3 is 0 Å². The van der Waals surface area contributed by atoms with E-state index in [0.717, 1.165) is 29.5 Å². The van der Waals surface area contributed by atoms with Crippen LogP contribution >= 0.6 is 0 Å². The van der Waals surface area contributed by atoms with Crippen LogP contribution in [0.4, 0.5) is 0 Å². The van der Waals surface area contributed by atoms with E-state index >= 15 is 0 Å². The summed E-state index contributed by atoms with van der Waals surface area (Å²) in [5.74, 6) is 0. The fourth-order valence-corrected chi connectivity index (χ4v) is 2.60. The van der Waals surface area contributed by atoms with Gasteiger partial charge < -0.3 is 0 Å². The second-order valence-electron chi connectivity index (χ2n) is 4.33. The van der Waals surface area contributed by atoms with E-state index in [2.05, 4.69) is 17.1 Å². The minimum absolute atomic E-state index is 0.763. The van der Waals surface area contributed by atoms with Crippen molar-refractivity contribution in [3.63, 3.8) is 0 Å². The number of aromatic nitrogens is 1. The number of nitriles is 1. The standard InChI is InChI=1S/C15H12N2/c16-9-12-7-6-11-3-1-5-14(11)15(12)13-4-2-8-17-10-13/h2,4,6-8,10H,1,3,5H2. The first-order chi connectivity index (χ1) is 8.40. The van der Waals surface area contributed by atoms with Gasteiger partial charge in [0.2, 0.25) is 0 Å². The number of nitrogens with zero attached hydrogens (tertiary/aromatic N) is 2. The van der Waals surface area contributed by atoms with Gasteiger partial charge in [-0.15, -0.1) is 0 Å². The molecule has 0 aliphatic heterocycles. The third kappa shape index (κ3) is 1.60. The Morgan fingerprint density at radius 1 is 1.18 bits per heavy atom. The first-order valence-corrected chi connectivity index (χ1v) is 5.85. The second-order valence-corrected chi connectivity index (χ2v) is 4.33. The molecule has 0 bridgehead atoms. The summed E-state index contributed by atoms with van der Waals surface area (Å²) in [5.41, 5.74) is 5.65. The van der Waals surface area contributed by atoms with Crippen LogP contribution in [0, 0.1) is 11.3 Å². The zero-order chi connectivity index (χ0) is 11.7. The van der Waals surface area contributed by atoms with Gasteiger partial charge in [-0.05, 0) is 42.5 Å². The number of fused-ring (bicyclic) bond motifs is 1. The molecular weight excluding hydrogens is 208 g/mol. The van der Waals surface area contributed by atoms with Crippen molar-refractivity contribution >= 4 is 0 Å². The molecular formula is C15H12N2. The highest BCUT2D eigenvalue weighted by atomic mass is 14.6. The molecule has 0 spiro atoms. The Bertz CT molecular complexity index is 594. The highest BCUT2D eigenvalue weighted by Crippen LogP contribution is 2.34. The summed E-state index contributed by atoms with van der Waals surface area (Å²) in [6, 6.07) is 10.3. The molecule has 2 aromatic rings. The van der Waals surface area contributed by atoms with E-state index in [1.807, 2.05) is 24.4 Å². The Kier molecular flexibility index (Phi) is 2.38. The number of rotatable bonds is 1. The van der Waals surface area contributed by atoms with Crippen LogP contribution in [0.25, 0.3) is 11.1 Å². The molecule has 2 nitrogen and oxygen atoms in total. The Morgan fingerprint density at radius 2 is 2.12 bits per heavy atom. The van der Waals surface area contributed by atoms with Gasteiger partial charge in [0.1, 0.15) is 0 Å². The SMILES string of the molecule is N#Cc1ccc2c(c1-c1cccnc1)CCC2. The van der Waals surface area contributed by atoms with Gasteiger partial charge in [-0.2, -0.15) is 5.26 Å². The number of hydrogen-bond donors (Lipinski definition) is 0. The number of hydrogen-bond acceptors (Lipinski definition) is 2. The zero-order valence-electron chi connectivity index (χ0n) is 9.48. The van der Waals surface area contributed by atoms with Gasteiger partial charge in [0, 0.05) is 23.5 Å². The van der Waals surface area contributed by atoms with E-state index in [0.29, 0.717) is 0 Å². The highest BCUT2D eigenvalue weighted by molar-refractivity contribution is 5.75. The Balaban J connectivity index is 2.28. The lowest BCUT2D eigenvalue weighted by atomic mass is 9.93. The van der Waals surface area contributed by atoms with Crippen molar-refractivity contribution in [2.75, 3.05) is 0 Å². The summed E-state index contributed by atoms with van der Waals surface area (Å²) < 4.78 is 0. The first kappa shape index (κ1) is 10.0. The average Bonchev–Trinajstić information content (AvgIpc) is 2.86. The van der Waals surface area contributed by atoms with E-state index in [1.54, 1.807) is 6.20 Å². The summed E-state index contributed by atoms with van der Waals surface area (Å²) in [7, 11) is 0. The molecule has 0 saturated carbocycles. The van der Waals surface area contributed by atoms with E-state index in [1.165, 1.54) is 17.5 Å². The molecule has 1 heterocycles. The van der Waals surface area contributed by atoms with Crippen LogP contribution in [0.15, 0.2) is 36.7 Å². The van der Waals surface area contributed by atoms with Gasteiger partial charge in [0.15, 0.2) is 0 Å². The quantitative estimate of drug-likeness (QED) is 0.740. The monoisotopic (exact) mass is 220 g/mol. The lowest BCUT2D eigenvalue weighted by Crippen LogP contribution is -1.93. The molecule has 0 unspecified atom stereocenters. The molecule has 0 fully saturated rings. The van der Waals surface area contributed by atoms with Gasteiger partial charge in [-0.1, -0.05) is 12.1 Å². The van der Waals surface area contributed by atoms with Crippen molar-refractivity contribution in [3.8, 4) is 17.2 Å². The summed E-state index contributed by atoms with van der Waals surface area (Å²) >= 11 is 0. The van der Waals surface area contributed by atoms with E-state index < -0.39 is 0 Å². The van der Waals surface area contributed by atoms with Crippen molar-refractivity contribution in [2.24, 2.45) is 0 Å². The van der Waals surface area contributed by atoms with Crippen LogP contribution < -0.4 is 0 Å². The lowest BCUT2D eigenvalue weighted by Gasteiger charge is -2.10. The molecule has 1 aliphatic carbocycles. The summed E-state index contributed by atoms with van der Waals surface area (Å²) in [4.78, 5) is 4.15. The van der Waals surface area contributed by atoms with Gasteiger partial charge in [-0.3, -0.25) is 4.98 Å². The molecule has 82 valence electrons. The van der Waals surface area contributed by atoms with Crippen molar-refractivity contribution in [2.45, 2.75) is 19.3 Å². The first-order valence-electron chi connectivity index (χ1n) is 5.85. The minimum atomic E-state index is 0.763. The maximum absolute atomic E-state index is 9.24. The zero-order valence-corrected chi connectivity index (χ0v) is 9.48. The molecule has 0 N–H and O–H groups in total. The van der Waals surface area contributed by atoms with Crippen LogP contribution in [0.5, 0.6) is 0 Å². The Hall–Kier alpha value is -2.14. The maximum atomic E-state index is 9.24. The molecule has 17 heavy (non-hydrogen) atoms. The molecule has 1 aliphatic rings. The van der Waals surface area contributed by atoms with Crippen LogP contribution in [0.1, 0.15) is 23.1 Å². The van der Waals surface area contributed by atoms with Crippen LogP contribution in [-0.4, -0.2) is 4.98 Å². The molecule has 1 aromatic carbocycles. The van der Waals surface area contributed by atoms with Crippen molar-refractivity contribution in [3.05, 3.63) is 53.3 Å². The average molecular weight is 220 g/mol. The second kappa shape index (κ2) is 4.03. The lowest BCUT2D eigenvalue weighted by molar-refractivity contribution is 0.912. The number of aryl methyl sites for hydroxylation is 1. The molecule has 2 heteroatoms. The highest BCUT2D eigenvalue weighted by Gasteiger charge is 2.18. The summed E-state index contributed by atoms with van der Waals surface area (Å²) in [6.07, 6.45) is 7.01. The van der Waals surface area contributed by atoms with Crippen molar-refractivity contribution < 1.29 is 0 Å². The Labute approximate surface area is 101 Å². The summed E-state index contributed by atoms with van der Waals surface area (Å²) in [5, 5.41) is 9.24. The fraction of sp³-hybridized carbons (Fsp3) is 0.200.